The molecule has 3 fully saturated rings. The highest BCUT2D eigenvalue weighted by Gasteiger charge is 2.76. The number of para-hydroxylation sites is 1. The van der Waals surface area contributed by atoms with E-state index in [0.29, 0.717) is 30.1 Å². The molecule has 1 spiro atoms. The highest BCUT2D eigenvalue weighted by molar-refractivity contribution is 8.02. The fourth-order valence-electron chi connectivity index (χ4n) is 6.65. The highest BCUT2D eigenvalue weighted by Crippen LogP contribution is 2.69. The van der Waals surface area contributed by atoms with Crippen LogP contribution in [0.25, 0.3) is 0 Å². The molecule has 4 rings (SSSR count). The number of thioether (sulfide) groups is 1. The van der Waals surface area contributed by atoms with Crippen LogP contribution in [0.4, 0.5) is 5.69 Å². The van der Waals surface area contributed by atoms with Gasteiger partial charge in [-0.15, -0.1) is 18.3 Å². The zero-order valence-electron chi connectivity index (χ0n) is 21.8. The van der Waals surface area contributed by atoms with E-state index in [0.717, 1.165) is 18.4 Å². The maximum atomic E-state index is 14.6. The number of esters is 1. The predicted octanol–water partition coefficient (Wildman–Crippen LogP) is 4.23. The molecule has 3 saturated heterocycles. The van der Waals surface area contributed by atoms with Gasteiger partial charge in [-0.25, -0.2) is 0 Å². The third kappa shape index (κ3) is 4.59. The van der Waals surface area contributed by atoms with E-state index in [-0.39, 0.29) is 48.7 Å². The average molecular weight is 549 g/mol. The Morgan fingerprint density at radius 3 is 2.76 bits per heavy atom. The standard InChI is InChI=1S/C28H37ClN2O5S/c1-5-13-30(23-17(3)11-10-12-19(23)29)26(34)24-28-18(4)16-20(37-28)21(27(35)36-6-2)22(28)25(33)31(24)14-8-7-9-15-32/h5,10-12,18,20-22,24,32H,1,6-9,13-16H2,2-4H3/t18?,20-,21+,22-,24?,28?/m0/s1. The van der Waals surface area contributed by atoms with Crippen molar-refractivity contribution in [2.45, 2.75) is 62.5 Å². The van der Waals surface area contributed by atoms with Gasteiger partial charge in [0.2, 0.25) is 5.91 Å². The number of carbonyl (C=O) groups excluding carboxylic acids is 3. The van der Waals surface area contributed by atoms with Gasteiger partial charge in [0.25, 0.3) is 5.91 Å². The second-order valence-corrected chi connectivity index (χ2v) is 12.2. The van der Waals surface area contributed by atoms with Gasteiger partial charge in [0.05, 0.1) is 33.9 Å². The summed E-state index contributed by atoms with van der Waals surface area (Å²) in [6.07, 6.45) is 4.47. The SMILES string of the molecule is C=CCN(C(=O)C1N(CCCCCO)C(=O)[C@@H]2[C@H](C(=O)OCC)[C@@H]3CC(C)C12S3)c1c(C)cccc1Cl. The van der Waals surface area contributed by atoms with Gasteiger partial charge in [-0.05, 0) is 57.1 Å². The van der Waals surface area contributed by atoms with Gasteiger partial charge in [-0.3, -0.25) is 14.4 Å². The number of anilines is 1. The van der Waals surface area contributed by atoms with Crippen LogP contribution in [0.2, 0.25) is 5.02 Å². The van der Waals surface area contributed by atoms with E-state index in [4.69, 9.17) is 16.3 Å². The molecule has 1 aromatic carbocycles. The van der Waals surface area contributed by atoms with Crippen molar-refractivity contribution in [3.05, 3.63) is 41.4 Å². The lowest BCUT2D eigenvalue weighted by Gasteiger charge is -2.40. The summed E-state index contributed by atoms with van der Waals surface area (Å²) in [6, 6.07) is 4.78. The lowest BCUT2D eigenvalue weighted by atomic mass is 9.66. The Labute approximate surface area is 228 Å². The number of aliphatic hydroxyl groups is 1. The molecule has 0 aliphatic carbocycles. The maximum absolute atomic E-state index is 14.6. The summed E-state index contributed by atoms with van der Waals surface area (Å²) in [5, 5.41) is 9.65. The quantitative estimate of drug-likeness (QED) is 0.253. The lowest BCUT2D eigenvalue weighted by molar-refractivity contribution is -0.154. The Kier molecular flexibility index (Phi) is 8.61. The number of likely N-dealkylation sites (tertiary alicyclic amines) is 1. The summed E-state index contributed by atoms with van der Waals surface area (Å²) in [5.41, 5.74) is 1.48. The first-order valence-corrected chi connectivity index (χ1v) is 14.4. The van der Waals surface area contributed by atoms with E-state index in [2.05, 4.69) is 13.5 Å². The van der Waals surface area contributed by atoms with Crippen LogP contribution in [0.3, 0.4) is 0 Å². The van der Waals surface area contributed by atoms with E-state index in [1.165, 1.54) is 0 Å². The number of aryl methyl sites for hydroxylation is 1. The van der Waals surface area contributed by atoms with Crippen LogP contribution in [0, 0.1) is 24.7 Å². The summed E-state index contributed by atoms with van der Waals surface area (Å²) in [6.45, 7) is 10.6. The molecular weight excluding hydrogens is 512 g/mol. The fourth-order valence-corrected chi connectivity index (χ4v) is 9.38. The number of unbranched alkanes of at least 4 members (excludes halogenated alkanes) is 2. The van der Waals surface area contributed by atoms with E-state index >= 15 is 0 Å². The van der Waals surface area contributed by atoms with Gasteiger partial charge >= 0.3 is 5.97 Å². The first kappa shape index (κ1) is 28.0. The molecule has 202 valence electrons. The monoisotopic (exact) mass is 548 g/mol. The Balaban J connectivity index is 1.80. The van der Waals surface area contributed by atoms with Gasteiger partial charge in [-0.1, -0.05) is 36.7 Å². The minimum Gasteiger partial charge on any atom is -0.466 e. The van der Waals surface area contributed by atoms with Crippen molar-refractivity contribution in [3.8, 4) is 0 Å². The Morgan fingerprint density at radius 2 is 2.11 bits per heavy atom. The van der Waals surface area contributed by atoms with Gasteiger partial charge in [0, 0.05) is 24.9 Å². The molecule has 3 heterocycles. The summed E-state index contributed by atoms with van der Waals surface area (Å²) in [4.78, 5) is 45.2. The molecule has 1 aromatic rings. The van der Waals surface area contributed by atoms with Crippen molar-refractivity contribution in [2.75, 3.05) is 31.2 Å². The summed E-state index contributed by atoms with van der Waals surface area (Å²) in [5.74, 6) is -1.77. The maximum Gasteiger partial charge on any atom is 0.310 e. The van der Waals surface area contributed by atoms with Crippen molar-refractivity contribution < 1.29 is 24.2 Å². The normalized spacial score (nSPS) is 29.9. The van der Waals surface area contributed by atoms with Crippen molar-refractivity contribution in [1.29, 1.82) is 0 Å². The van der Waals surface area contributed by atoms with Crippen LogP contribution < -0.4 is 4.90 Å². The number of carbonyl (C=O) groups is 3. The highest BCUT2D eigenvalue weighted by atomic mass is 35.5. The number of nitrogens with zero attached hydrogens (tertiary/aromatic N) is 2. The first-order valence-electron chi connectivity index (χ1n) is 13.2. The topological polar surface area (TPSA) is 87.2 Å². The summed E-state index contributed by atoms with van der Waals surface area (Å²) >= 11 is 8.25. The van der Waals surface area contributed by atoms with E-state index in [1.807, 2.05) is 19.1 Å². The number of benzene rings is 1. The Bertz CT molecular complexity index is 1050. The molecule has 9 heteroatoms. The number of hydrogen-bond acceptors (Lipinski definition) is 6. The van der Waals surface area contributed by atoms with Crippen LogP contribution >= 0.6 is 23.4 Å². The molecule has 37 heavy (non-hydrogen) atoms. The van der Waals surface area contributed by atoms with Crippen molar-refractivity contribution in [3.63, 3.8) is 0 Å². The molecule has 3 aliphatic heterocycles. The zero-order chi connectivity index (χ0) is 26.9. The van der Waals surface area contributed by atoms with Gasteiger partial charge in [0.15, 0.2) is 0 Å². The second-order valence-electron chi connectivity index (χ2n) is 10.3. The van der Waals surface area contributed by atoms with Crippen molar-refractivity contribution >= 4 is 46.8 Å². The molecule has 1 N–H and O–H groups in total. The zero-order valence-corrected chi connectivity index (χ0v) is 23.4. The molecule has 2 amide bonds. The molecular formula is C28H37ClN2O5S. The third-order valence-electron chi connectivity index (χ3n) is 8.13. The molecule has 2 bridgehead atoms. The van der Waals surface area contributed by atoms with Crippen LogP contribution in [0.5, 0.6) is 0 Å². The van der Waals surface area contributed by atoms with E-state index < -0.39 is 22.6 Å². The number of aliphatic hydroxyl groups excluding tert-OH is 1. The number of amides is 2. The van der Waals surface area contributed by atoms with E-state index in [1.54, 1.807) is 40.6 Å². The van der Waals surface area contributed by atoms with Gasteiger partial charge in [-0.2, -0.15) is 0 Å². The van der Waals surface area contributed by atoms with Gasteiger partial charge < -0.3 is 19.6 Å². The van der Waals surface area contributed by atoms with Gasteiger partial charge in [0.1, 0.15) is 6.04 Å². The number of halogens is 1. The molecule has 0 aromatic heterocycles. The molecule has 3 unspecified atom stereocenters. The van der Waals surface area contributed by atoms with Crippen LogP contribution in [-0.4, -0.2) is 70.1 Å². The van der Waals surface area contributed by atoms with Crippen molar-refractivity contribution in [1.82, 2.24) is 4.90 Å². The number of fused-ring (bicyclic) bond motifs is 1. The minimum absolute atomic E-state index is 0.0512. The fraction of sp³-hybridized carbons (Fsp3) is 0.607. The molecule has 3 aliphatic rings. The molecule has 0 saturated carbocycles. The van der Waals surface area contributed by atoms with Crippen molar-refractivity contribution in [2.24, 2.45) is 17.8 Å². The largest absolute Gasteiger partial charge is 0.466 e. The number of ether oxygens (including phenoxy) is 1. The van der Waals surface area contributed by atoms with Crippen LogP contribution in [-0.2, 0) is 19.1 Å². The molecule has 0 radical (unpaired) electrons. The lowest BCUT2D eigenvalue weighted by Crippen LogP contribution is -2.57. The number of rotatable bonds is 11. The second kappa shape index (κ2) is 11.4. The Hall–Kier alpha value is -2.03. The first-order chi connectivity index (χ1) is 17.7. The summed E-state index contributed by atoms with van der Waals surface area (Å²) in [7, 11) is 0. The smallest absolute Gasteiger partial charge is 0.310 e. The average Bonchev–Trinajstić information content (AvgIpc) is 3.44. The predicted molar refractivity (Wildman–Crippen MR) is 147 cm³/mol. The summed E-state index contributed by atoms with van der Waals surface area (Å²) < 4.78 is 4.70. The molecule has 6 atom stereocenters. The Morgan fingerprint density at radius 1 is 1.35 bits per heavy atom. The molecule has 7 nitrogen and oxygen atoms in total. The number of hydrogen-bond donors (Lipinski definition) is 1. The van der Waals surface area contributed by atoms with E-state index in [9.17, 15) is 19.5 Å². The third-order valence-corrected chi connectivity index (χ3v) is 10.5. The van der Waals surface area contributed by atoms with Crippen LogP contribution in [0.15, 0.2) is 30.9 Å². The minimum atomic E-state index is -0.737. The van der Waals surface area contributed by atoms with Crippen LogP contribution in [0.1, 0.15) is 45.1 Å².